The SMILES string of the molecule is O=C(NCCC(O)(O)O)c1ccc2[nH]ccc2c1. The molecule has 0 bridgehead atoms. The summed E-state index contributed by atoms with van der Waals surface area (Å²) in [4.78, 5) is 14.7. The van der Waals surface area contributed by atoms with Gasteiger partial charge in [0.25, 0.3) is 11.9 Å². The molecule has 0 radical (unpaired) electrons. The normalized spacial score (nSPS) is 11.7. The van der Waals surface area contributed by atoms with Crippen molar-refractivity contribution in [2.45, 2.75) is 12.4 Å². The Morgan fingerprint density at radius 1 is 1.28 bits per heavy atom. The molecule has 18 heavy (non-hydrogen) atoms. The monoisotopic (exact) mass is 250 g/mol. The van der Waals surface area contributed by atoms with Gasteiger partial charge in [0.05, 0.1) is 0 Å². The molecule has 0 saturated carbocycles. The molecule has 0 aliphatic carbocycles. The summed E-state index contributed by atoms with van der Waals surface area (Å²) in [6.07, 6.45) is 1.43. The van der Waals surface area contributed by atoms with Gasteiger partial charge in [-0.2, -0.15) is 0 Å². The van der Waals surface area contributed by atoms with Crippen molar-refractivity contribution in [2.75, 3.05) is 6.54 Å². The number of amides is 1. The lowest BCUT2D eigenvalue weighted by Gasteiger charge is -2.13. The molecule has 6 nitrogen and oxygen atoms in total. The summed E-state index contributed by atoms with van der Waals surface area (Å²) in [6.45, 7) is -0.0342. The Labute approximate surface area is 103 Å². The molecule has 2 aromatic rings. The third-order valence-electron chi connectivity index (χ3n) is 2.56. The summed E-state index contributed by atoms with van der Waals surface area (Å²) in [6, 6.07) is 7.04. The lowest BCUT2D eigenvalue weighted by molar-refractivity contribution is -0.313. The van der Waals surface area contributed by atoms with Crippen molar-refractivity contribution in [3.8, 4) is 0 Å². The number of aliphatic hydroxyl groups is 3. The molecular formula is C12H14N2O4. The van der Waals surface area contributed by atoms with Crippen LogP contribution in [0.15, 0.2) is 30.5 Å². The van der Waals surface area contributed by atoms with E-state index in [1.807, 2.05) is 6.07 Å². The third-order valence-corrected chi connectivity index (χ3v) is 2.56. The van der Waals surface area contributed by atoms with Crippen molar-refractivity contribution < 1.29 is 20.1 Å². The fourth-order valence-electron chi connectivity index (χ4n) is 1.64. The van der Waals surface area contributed by atoms with Gasteiger partial charge in [-0.3, -0.25) is 4.79 Å². The minimum Gasteiger partial charge on any atom is -0.361 e. The predicted octanol–water partition coefficient (Wildman–Crippen LogP) is -0.0815. The molecule has 96 valence electrons. The molecule has 0 aliphatic heterocycles. The zero-order valence-electron chi connectivity index (χ0n) is 9.55. The molecule has 1 aromatic heterocycles. The van der Waals surface area contributed by atoms with E-state index in [4.69, 9.17) is 15.3 Å². The Balaban J connectivity index is 2.00. The Hall–Kier alpha value is -1.89. The Kier molecular flexibility index (Phi) is 3.33. The summed E-state index contributed by atoms with van der Waals surface area (Å²) < 4.78 is 0. The fraction of sp³-hybridized carbons (Fsp3) is 0.250. The van der Waals surface area contributed by atoms with Crippen LogP contribution < -0.4 is 5.32 Å². The van der Waals surface area contributed by atoms with Gasteiger partial charge in [-0.15, -0.1) is 0 Å². The van der Waals surface area contributed by atoms with Crippen molar-refractivity contribution >= 4 is 16.8 Å². The first-order valence-corrected chi connectivity index (χ1v) is 5.48. The summed E-state index contributed by atoms with van der Waals surface area (Å²) in [5.74, 6) is -3.08. The average molecular weight is 250 g/mol. The number of nitrogens with one attached hydrogen (secondary N) is 2. The van der Waals surface area contributed by atoms with Gasteiger partial charge in [0, 0.05) is 35.6 Å². The van der Waals surface area contributed by atoms with E-state index < -0.39 is 5.97 Å². The van der Waals surface area contributed by atoms with Gasteiger partial charge in [0.2, 0.25) is 0 Å². The molecule has 0 spiro atoms. The molecule has 0 fully saturated rings. The highest BCUT2D eigenvalue weighted by molar-refractivity contribution is 5.98. The van der Waals surface area contributed by atoms with Crippen LogP contribution >= 0.6 is 0 Å². The van der Waals surface area contributed by atoms with Gasteiger partial charge >= 0.3 is 0 Å². The van der Waals surface area contributed by atoms with E-state index in [9.17, 15) is 4.79 Å². The van der Waals surface area contributed by atoms with Gasteiger partial charge in [-0.25, -0.2) is 0 Å². The van der Waals surface area contributed by atoms with Crippen LogP contribution in [0, 0.1) is 0 Å². The van der Waals surface area contributed by atoms with E-state index in [0.717, 1.165) is 10.9 Å². The molecule has 2 rings (SSSR count). The molecule has 1 amide bonds. The van der Waals surface area contributed by atoms with Gasteiger partial charge in [0.15, 0.2) is 0 Å². The van der Waals surface area contributed by atoms with Gasteiger partial charge in [0.1, 0.15) is 0 Å². The van der Waals surface area contributed by atoms with Crippen LogP contribution in [0.25, 0.3) is 10.9 Å². The fourth-order valence-corrected chi connectivity index (χ4v) is 1.64. The van der Waals surface area contributed by atoms with Crippen molar-refractivity contribution in [2.24, 2.45) is 0 Å². The van der Waals surface area contributed by atoms with Crippen LogP contribution in [-0.4, -0.2) is 38.7 Å². The molecule has 5 N–H and O–H groups in total. The Morgan fingerprint density at radius 2 is 2.06 bits per heavy atom. The summed E-state index contributed by atoms with van der Waals surface area (Å²) in [5, 5.41) is 29.4. The Morgan fingerprint density at radius 3 is 2.78 bits per heavy atom. The molecule has 0 aliphatic rings. The molecule has 0 unspecified atom stereocenters. The second kappa shape index (κ2) is 4.77. The molecular weight excluding hydrogens is 236 g/mol. The lowest BCUT2D eigenvalue weighted by Crippen LogP contribution is -2.34. The van der Waals surface area contributed by atoms with Gasteiger partial charge in [-0.05, 0) is 24.3 Å². The highest BCUT2D eigenvalue weighted by Gasteiger charge is 2.17. The maximum absolute atomic E-state index is 11.7. The van der Waals surface area contributed by atoms with Crippen LogP contribution in [0.1, 0.15) is 16.8 Å². The van der Waals surface area contributed by atoms with Crippen LogP contribution in [-0.2, 0) is 0 Å². The molecule has 1 heterocycles. The zero-order chi connectivity index (χ0) is 13.2. The highest BCUT2D eigenvalue weighted by Crippen LogP contribution is 2.14. The number of fused-ring (bicyclic) bond motifs is 1. The summed E-state index contributed by atoms with van der Waals surface area (Å²) in [5.41, 5.74) is 1.41. The number of benzene rings is 1. The lowest BCUT2D eigenvalue weighted by atomic mass is 10.1. The minimum atomic E-state index is -2.75. The number of aromatic nitrogens is 1. The van der Waals surface area contributed by atoms with E-state index in [0.29, 0.717) is 5.56 Å². The molecule has 0 atom stereocenters. The first-order valence-electron chi connectivity index (χ1n) is 5.48. The van der Waals surface area contributed by atoms with Crippen LogP contribution in [0.3, 0.4) is 0 Å². The number of rotatable bonds is 4. The number of carbonyl (C=O) groups is 1. The largest absolute Gasteiger partial charge is 0.361 e. The van der Waals surface area contributed by atoms with Crippen molar-refractivity contribution in [1.82, 2.24) is 10.3 Å². The zero-order valence-corrected chi connectivity index (χ0v) is 9.55. The number of H-pyrrole nitrogens is 1. The Bertz CT molecular complexity index is 556. The first-order chi connectivity index (χ1) is 8.46. The maximum Gasteiger partial charge on any atom is 0.277 e. The first kappa shape index (κ1) is 12.6. The van der Waals surface area contributed by atoms with Crippen LogP contribution in [0.5, 0.6) is 0 Å². The molecule has 0 saturated heterocycles. The van der Waals surface area contributed by atoms with Crippen molar-refractivity contribution in [3.05, 3.63) is 36.0 Å². The molecule has 6 heteroatoms. The average Bonchev–Trinajstić information content (AvgIpc) is 2.73. The minimum absolute atomic E-state index is 0.0342. The van der Waals surface area contributed by atoms with Crippen LogP contribution in [0.2, 0.25) is 0 Å². The number of aromatic amines is 1. The number of hydrogen-bond donors (Lipinski definition) is 5. The predicted molar refractivity (Wildman–Crippen MR) is 64.6 cm³/mol. The maximum atomic E-state index is 11.7. The van der Waals surface area contributed by atoms with Crippen molar-refractivity contribution in [3.63, 3.8) is 0 Å². The summed E-state index contributed by atoms with van der Waals surface area (Å²) in [7, 11) is 0. The van der Waals surface area contributed by atoms with Crippen LogP contribution in [0.4, 0.5) is 0 Å². The van der Waals surface area contributed by atoms with E-state index in [-0.39, 0.29) is 18.9 Å². The third kappa shape index (κ3) is 3.07. The standard InChI is InChI=1S/C12H14N2O4/c15-11(14-6-4-12(16,17)18)9-1-2-10-8(7-9)3-5-13-10/h1-3,5,7,13,16-18H,4,6H2,(H,14,15). The van der Waals surface area contributed by atoms with E-state index in [2.05, 4.69) is 10.3 Å². The number of carbonyl (C=O) groups excluding carboxylic acids is 1. The van der Waals surface area contributed by atoms with E-state index in [1.165, 1.54) is 0 Å². The smallest absolute Gasteiger partial charge is 0.277 e. The van der Waals surface area contributed by atoms with Crippen molar-refractivity contribution in [1.29, 1.82) is 0 Å². The summed E-state index contributed by atoms with van der Waals surface area (Å²) >= 11 is 0. The topological polar surface area (TPSA) is 106 Å². The second-order valence-electron chi connectivity index (χ2n) is 4.06. The van der Waals surface area contributed by atoms with E-state index >= 15 is 0 Å². The quantitative estimate of drug-likeness (QED) is 0.489. The van der Waals surface area contributed by atoms with Gasteiger partial charge < -0.3 is 25.6 Å². The van der Waals surface area contributed by atoms with E-state index in [1.54, 1.807) is 24.4 Å². The highest BCUT2D eigenvalue weighted by atomic mass is 16.7. The molecule has 1 aromatic carbocycles. The second-order valence-corrected chi connectivity index (χ2v) is 4.06. The number of hydrogen-bond acceptors (Lipinski definition) is 4. The van der Waals surface area contributed by atoms with Gasteiger partial charge in [-0.1, -0.05) is 0 Å².